The fourth-order valence-electron chi connectivity index (χ4n) is 1.40. The highest BCUT2D eigenvalue weighted by atomic mass is 16.4. The number of rotatable bonds is 4. The summed E-state index contributed by atoms with van der Waals surface area (Å²) in [5.74, 6) is -0.466. The summed E-state index contributed by atoms with van der Waals surface area (Å²) in [6, 6.07) is 6.08. The lowest BCUT2D eigenvalue weighted by Crippen LogP contribution is -2.21. The summed E-state index contributed by atoms with van der Waals surface area (Å²) >= 11 is 0. The maximum atomic E-state index is 11.6. The van der Waals surface area contributed by atoms with E-state index in [1.54, 1.807) is 19.1 Å². The van der Waals surface area contributed by atoms with Crippen LogP contribution in [0.15, 0.2) is 33.1 Å². The second-order valence-corrected chi connectivity index (χ2v) is 3.66. The van der Waals surface area contributed by atoms with Crippen LogP contribution in [0.25, 0.3) is 0 Å². The predicted molar refractivity (Wildman–Crippen MR) is 60.3 cm³/mol. The molecule has 18 heavy (non-hydrogen) atoms. The van der Waals surface area contributed by atoms with Gasteiger partial charge in [-0.05, 0) is 31.2 Å². The molecule has 0 saturated heterocycles. The number of aromatic carboxylic acids is 1. The molecule has 0 radical (unpaired) electrons. The number of carboxylic acid groups (broad SMARTS) is 1. The molecule has 6 heteroatoms. The molecule has 0 aromatic carbocycles. The number of carboxylic acids is 1. The van der Waals surface area contributed by atoms with E-state index < -0.39 is 5.97 Å². The topological polar surface area (TPSA) is 92.7 Å². The lowest BCUT2D eigenvalue weighted by molar-refractivity contribution is 0.0660. The Kier molecular flexibility index (Phi) is 3.18. The van der Waals surface area contributed by atoms with E-state index in [4.69, 9.17) is 13.9 Å². The summed E-state index contributed by atoms with van der Waals surface area (Å²) in [7, 11) is 0. The van der Waals surface area contributed by atoms with Gasteiger partial charge in [0.1, 0.15) is 11.5 Å². The third kappa shape index (κ3) is 2.60. The summed E-state index contributed by atoms with van der Waals surface area (Å²) in [4.78, 5) is 22.2. The number of nitrogens with one attached hydrogen (secondary N) is 1. The van der Waals surface area contributed by atoms with E-state index in [0.717, 1.165) is 0 Å². The quantitative estimate of drug-likeness (QED) is 0.861. The smallest absolute Gasteiger partial charge is 0.371 e. The molecule has 0 aliphatic heterocycles. The van der Waals surface area contributed by atoms with Crippen molar-refractivity contribution in [2.75, 3.05) is 0 Å². The van der Waals surface area contributed by atoms with Gasteiger partial charge in [0.15, 0.2) is 5.76 Å². The zero-order valence-electron chi connectivity index (χ0n) is 9.60. The van der Waals surface area contributed by atoms with Crippen LogP contribution in [0.3, 0.4) is 0 Å². The molecule has 2 heterocycles. The third-order valence-electron chi connectivity index (χ3n) is 2.26. The van der Waals surface area contributed by atoms with Gasteiger partial charge in [0.2, 0.25) is 5.76 Å². The second-order valence-electron chi connectivity index (χ2n) is 3.66. The molecular weight excluding hydrogens is 238 g/mol. The van der Waals surface area contributed by atoms with E-state index in [2.05, 4.69) is 5.32 Å². The van der Waals surface area contributed by atoms with Crippen LogP contribution in [-0.4, -0.2) is 17.0 Å². The van der Waals surface area contributed by atoms with Gasteiger partial charge < -0.3 is 19.3 Å². The maximum absolute atomic E-state index is 11.6. The molecule has 2 aromatic heterocycles. The molecule has 0 atom stereocenters. The van der Waals surface area contributed by atoms with E-state index in [0.29, 0.717) is 11.5 Å². The van der Waals surface area contributed by atoms with Crippen LogP contribution in [-0.2, 0) is 6.54 Å². The van der Waals surface area contributed by atoms with Crippen LogP contribution in [0.1, 0.15) is 32.6 Å². The van der Waals surface area contributed by atoms with Crippen LogP contribution >= 0.6 is 0 Å². The highest BCUT2D eigenvalue weighted by Crippen LogP contribution is 2.09. The SMILES string of the molecule is Cc1ccc(C(=O)NCc2ccc(C(=O)O)o2)o1. The number of hydrogen-bond acceptors (Lipinski definition) is 4. The van der Waals surface area contributed by atoms with Crippen LogP contribution in [0.5, 0.6) is 0 Å². The molecule has 0 spiro atoms. The van der Waals surface area contributed by atoms with Crippen molar-refractivity contribution in [3.63, 3.8) is 0 Å². The van der Waals surface area contributed by atoms with E-state index in [9.17, 15) is 9.59 Å². The molecule has 0 saturated carbocycles. The Balaban J connectivity index is 1.95. The highest BCUT2D eigenvalue weighted by Gasteiger charge is 2.12. The molecule has 6 nitrogen and oxygen atoms in total. The minimum absolute atomic E-state index is 0.103. The first-order chi connectivity index (χ1) is 8.56. The molecule has 2 N–H and O–H groups in total. The van der Waals surface area contributed by atoms with Crippen LogP contribution in [0.2, 0.25) is 0 Å². The number of furan rings is 2. The normalized spacial score (nSPS) is 10.3. The Morgan fingerprint density at radius 1 is 1.17 bits per heavy atom. The lowest BCUT2D eigenvalue weighted by atomic mass is 10.4. The Morgan fingerprint density at radius 2 is 1.89 bits per heavy atom. The largest absolute Gasteiger partial charge is 0.475 e. The van der Waals surface area contributed by atoms with E-state index in [1.165, 1.54) is 12.1 Å². The molecule has 0 aliphatic rings. The van der Waals surface area contributed by atoms with Gasteiger partial charge in [0, 0.05) is 0 Å². The molecule has 0 unspecified atom stereocenters. The van der Waals surface area contributed by atoms with Crippen molar-refractivity contribution in [1.29, 1.82) is 0 Å². The molecule has 94 valence electrons. The van der Waals surface area contributed by atoms with Crippen molar-refractivity contribution in [1.82, 2.24) is 5.32 Å². The van der Waals surface area contributed by atoms with Gasteiger partial charge >= 0.3 is 5.97 Å². The number of carbonyl (C=O) groups excluding carboxylic acids is 1. The minimum atomic E-state index is -1.14. The van der Waals surface area contributed by atoms with E-state index >= 15 is 0 Å². The summed E-state index contributed by atoms with van der Waals surface area (Å²) in [5.41, 5.74) is 0. The van der Waals surface area contributed by atoms with Crippen LogP contribution in [0, 0.1) is 6.92 Å². The average Bonchev–Trinajstić information content (AvgIpc) is 2.94. The summed E-state index contributed by atoms with van der Waals surface area (Å²) in [6.45, 7) is 1.84. The molecule has 1 amide bonds. The van der Waals surface area contributed by atoms with Gasteiger partial charge in [0.25, 0.3) is 5.91 Å². The van der Waals surface area contributed by atoms with Crippen molar-refractivity contribution in [3.05, 3.63) is 47.3 Å². The van der Waals surface area contributed by atoms with Crippen molar-refractivity contribution in [3.8, 4) is 0 Å². The first kappa shape index (κ1) is 12.0. The number of aryl methyl sites for hydroxylation is 1. The molecule has 2 aromatic rings. The third-order valence-corrected chi connectivity index (χ3v) is 2.26. The van der Waals surface area contributed by atoms with Gasteiger partial charge in [-0.1, -0.05) is 0 Å². The first-order valence-corrected chi connectivity index (χ1v) is 5.23. The standard InChI is InChI=1S/C12H11NO5/c1-7-2-4-9(17-7)11(14)13-6-8-3-5-10(18-8)12(15)16/h2-5H,6H2,1H3,(H,13,14)(H,15,16). The Bertz CT molecular complexity index is 581. The van der Waals surface area contributed by atoms with Gasteiger partial charge in [-0.2, -0.15) is 0 Å². The average molecular weight is 249 g/mol. The molecule has 2 rings (SSSR count). The second kappa shape index (κ2) is 4.79. The van der Waals surface area contributed by atoms with Gasteiger partial charge in [0.05, 0.1) is 6.54 Å². The Morgan fingerprint density at radius 3 is 2.44 bits per heavy atom. The molecule has 0 fully saturated rings. The van der Waals surface area contributed by atoms with E-state index in [-0.39, 0.29) is 24.0 Å². The molecular formula is C12H11NO5. The van der Waals surface area contributed by atoms with Gasteiger partial charge in [-0.3, -0.25) is 4.79 Å². The zero-order valence-corrected chi connectivity index (χ0v) is 9.60. The fraction of sp³-hybridized carbons (Fsp3) is 0.167. The number of amides is 1. The molecule has 0 aliphatic carbocycles. The summed E-state index contributed by atoms with van der Waals surface area (Å²) in [5, 5.41) is 11.2. The van der Waals surface area contributed by atoms with Crippen LogP contribution in [0.4, 0.5) is 0 Å². The Hall–Kier alpha value is -2.50. The van der Waals surface area contributed by atoms with Gasteiger partial charge in [-0.15, -0.1) is 0 Å². The van der Waals surface area contributed by atoms with Gasteiger partial charge in [-0.25, -0.2) is 4.79 Å². The summed E-state index contributed by atoms with van der Waals surface area (Å²) in [6.07, 6.45) is 0. The minimum Gasteiger partial charge on any atom is -0.475 e. The van der Waals surface area contributed by atoms with Crippen molar-refractivity contribution >= 4 is 11.9 Å². The first-order valence-electron chi connectivity index (χ1n) is 5.23. The maximum Gasteiger partial charge on any atom is 0.371 e. The fourth-order valence-corrected chi connectivity index (χ4v) is 1.40. The lowest BCUT2D eigenvalue weighted by Gasteiger charge is -1.99. The monoisotopic (exact) mass is 249 g/mol. The van der Waals surface area contributed by atoms with Crippen molar-refractivity contribution in [2.45, 2.75) is 13.5 Å². The highest BCUT2D eigenvalue weighted by molar-refractivity contribution is 5.91. The van der Waals surface area contributed by atoms with Crippen molar-refractivity contribution in [2.24, 2.45) is 0 Å². The Labute approximate surface area is 102 Å². The van der Waals surface area contributed by atoms with Crippen molar-refractivity contribution < 1.29 is 23.5 Å². The number of carbonyl (C=O) groups is 2. The molecule has 0 bridgehead atoms. The zero-order chi connectivity index (χ0) is 13.1. The van der Waals surface area contributed by atoms with E-state index in [1.807, 2.05) is 0 Å². The predicted octanol–water partition coefficient (Wildman–Crippen LogP) is 1.81. The number of hydrogen-bond donors (Lipinski definition) is 2. The van der Waals surface area contributed by atoms with Crippen LogP contribution < -0.4 is 5.32 Å². The summed E-state index contributed by atoms with van der Waals surface area (Å²) < 4.78 is 10.1.